The van der Waals surface area contributed by atoms with Crippen LogP contribution < -0.4 is 0 Å². The number of hydrogen-bond donors (Lipinski definition) is 0. The van der Waals surface area contributed by atoms with Crippen LogP contribution in [0.5, 0.6) is 0 Å². The molecule has 0 bridgehead atoms. The predicted molar refractivity (Wildman–Crippen MR) is 91.5 cm³/mol. The fraction of sp³-hybridized carbons (Fsp3) is 0.158. The molecule has 4 heteroatoms. The molecule has 0 amide bonds. The number of para-hydroxylation sites is 2. The van der Waals surface area contributed by atoms with E-state index in [1.54, 1.807) is 0 Å². The molecule has 0 N–H and O–H groups in total. The van der Waals surface area contributed by atoms with E-state index in [1.165, 1.54) is 23.2 Å². The molecule has 4 rings (SSSR count). The van der Waals surface area contributed by atoms with Crippen LogP contribution in [0.1, 0.15) is 19.4 Å². The molecule has 114 valence electrons. The van der Waals surface area contributed by atoms with Crippen LogP contribution >= 0.6 is 0 Å². The molecule has 4 nitrogen and oxygen atoms in total. The van der Waals surface area contributed by atoms with Crippen molar-refractivity contribution in [1.29, 1.82) is 0 Å². The molecule has 3 aromatic rings. The molecule has 0 unspecified atom stereocenters. The third-order valence-corrected chi connectivity index (χ3v) is 4.29. The Kier molecular flexibility index (Phi) is 3.05. The molecule has 2 heterocycles. The fourth-order valence-corrected chi connectivity index (χ4v) is 3.33. The fourth-order valence-electron chi connectivity index (χ4n) is 3.33. The highest BCUT2D eigenvalue weighted by atomic mass is 16.7. The van der Waals surface area contributed by atoms with Crippen molar-refractivity contribution in [3.63, 3.8) is 0 Å². The number of allylic oxidation sites excluding steroid dienone is 2. The maximum atomic E-state index is 11.2. The second-order valence-corrected chi connectivity index (χ2v) is 5.64. The first-order chi connectivity index (χ1) is 11.2. The van der Waals surface area contributed by atoms with Gasteiger partial charge in [0.1, 0.15) is 5.71 Å². The Morgan fingerprint density at radius 1 is 1.17 bits per heavy atom. The van der Waals surface area contributed by atoms with E-state index in [-0.39, 0.29) is 0 Å². The number of benzene rings is 2. The van der Waals surface area contributed by atoms with Crippen LogP contribution in [0.2, 0.25) is 0 Å². The highest BCUT2D eigenvalue weighted by molar-refractivity contribution is 6.24. The number of oxime groups is 1. The van der Waals surface area contributed by atoms with E-state index in [4.69, 9.17) is 4.84 Å². The zero-order chi connectivity index (χ0) is 16.0. The molecule has 0 radical (unpaired) electrons. The molecule has 0 fully saturated rings. The minimum absolute atomic E-state index is 0.411. The molecule has 1 aliphatic rings. The number of nitrogens with zero attached hydrogens (tertiary/aromatic N) is 2. The lowest BCUT2D eigenvalue weighted by Crippen LogP contribution is -2.19. The lowest BCUT2D eigenvalue weighted by molar-refractivity contribution is -0.140. The molecular formula is C19H16N2O2. The van der Waals surface area contributed by atoms with Crippen molar-refractivity contribution in [2.24, 2.45) is 5.16 Å². The Balaban J connectivity index is 2.09. The van der Waals surface area contributed by atoms with Crippen LogP contribution in [0.25, 0.3) is 21.8 Å². The summed E-state index contributed by atoms with van der Waals surface area (Å²) in [7, 11) is 0. The van der Waals surface area contributed by atoms with E-state index in [0.717, 1.165) is 28.9 Å². The van der Waals surface area contributed by atoms with Gasteiger partial charge >= 0.3 is 5.97 Å². The Labute approximate surface area is 133 Å². The molecule has 0 aliphatic carbocycles. The predicted octanol–water partition coefficient (Wildman–Crippen LogP) is 4.02. The van der Waals surface area contributed by atoms with Crippen molar-refractivity contribution in [2.75, 3.05) is 0 Å². The second-order valence-electron chi connectivity index (χ2n) is 5.64. The van der Waals surface area contributed by atoms with E-state index in [1.807, 2.05) is 25.1 Å². The van der Waals surface area contributed by atoms with Gasteiger partial charge in [0.25, 0.3) is 0 Å². The number of fused-ring (bicyclic) bond motifs is 3. The van der Waals surface area contributed by atoms with Crippen LogP contribution in [0.4, 0.5) is 0 Å². The zero-order valence-corrected chi connectivity index (χ0v) is 13.0. The second kappa shape index (κ2) is 5.09. The Morgan fingerprint density at radius 2 is 1.96 bits per heavy atom. The summed E-state index contributed by atoms with van der Waals surface area (Å²) in [5.74, 6) is -0.411. The Hall–Kier alpha value is -2.88. The van der Waals surface area contributed by atoms with Crippen molar-refractivity contribution < 1.29 is 9.63 Å². The molecular weight excluding hydrogens is 288 g/mol. The molecule has 2 aromatic carbocycles. The van der Waals surface area contributed by atoms with Gasteiger partial charge in [-0.3, -0.25) is 0 Å². The van der Waals surface area contributed by atoms with Gasteiger partial charge in [-0.05, 0) is 18.6 Å². The molecule has 1 aliphatic heterocycles. The first kappa shape index (κ1) is 13.8. The number of aromatic nitrogens is 1. The summed E-state index contributed by atoms with van der Waals surface area (Å²) in [6.07, 6.45) is 2.03. The third-order valence-electron chi connectivity index (χ3n) is 4.29. The average Bonchev–Trinajstić information content (AvgIpc) is 2.89. The van der Waals surface area contributed by atoms with Gasteiger partial charge in [0, 0.05) is 28.8 Å². The van der Waals surface area contributed by atoms with Gasteiger partial charge in [-0.15, -0.1) is 0 Å². The summed E-state index contributed by atoms with van der Waals surface area (Å²) >= 11 is 0. The third kappa shape index (κ3) is 1.99. The van der Waals surface area contributed by atoms with Crippen molar-refractivity contribution in [2.45, 2.75) is 20.4 Å². The zero-order valence-electron chi connectivity index (χ0n) is 13.0. The van der Waals surface area contributed by atoms with Gasteiger partial charge in [-0.25, -0.2) is 4.79 Å². The van der Waals surface area contributed by atoms with Gasteiger partial charge in [0.15, 0.2) is 0 Å². The van der Waals surface area contributed by atoms with Gasteiger partial charge in [-0.2, -0.15) is 0 Å². The van der Waals surface area contributed by atoms with Gasteiger partial charge in [0.2, 0.25) is 0 Å². The lowest BCUT2D eigenvalue weighted by Gasteiger charge is -2.20. The van der Waals surface area contributed by atoms with Crippen LogP contribution in [0.3, 0.4) is 0 Å². The molecule has 1 aromatic heterocycles. The maximum Gasteiger partial charge on any atom is 0.332 e. The summed E-state index contributed by atoms with van der Waals surface area (Å²) in [6, 6.07) is 14.6. The number of carbonyl (C=O) groups is 1. The minimum Gasteiger partial charge on any atom is -0.335 e. The van der Waals surface area contributed by atoms with E-state index in [9.17, 15) is 4.79 Å². The number of rotatable bonds is 1. The van der Waals surface area contributed by atoms with E-state index in [2.05, 4.69) is 40.1 Å². The molecule has 0 saturated heterocycles. The molecule has 0 atom stereocenters. The summed E-state index contributed by atoms with van der Waals surface area (Å²) in [4.78, 5) is 16.1. The van der Waals surface area contributed by atoms with Gasteiger partial charge in [-0.1, -0.05) is 47.6 Å². The minimum atomic E-state index is -0.411. The molecule has 0 spiro atoms. The van der Waals surface area contributed by atoms with E-state index >= 15 is 0 Å². The largest absolute Gasteiger partial charge is 0.335 e. The Bertz CT molecular complexity index is 1010. The van der Waals surface area contributed by atoms with Crippen molar-refractivity contribution >= 4 is 33.5 Å². The lowest BCUT2D eigenvalue weighted by atomic mass is 9.96. The Morgan fingerprint density at radius 3 is 2.74 bits per heavy atom. The van der Waals surface area contributed by atoms with Crippen molar-refractivity contribution in [1.82, 2.24) is 4.57 Å². The van der Waals surface area contributed by atoms with E-state index in [0.29, 0.717) is 0 Å². The summed E-state index contributed by atoms with van der Waals surface area (Å²) in [5.41, 5.74) is 5.14. The normalized spacial score (nSPS) is 17.3. The smallest absolute Gasteiger partial charge is 0.332 e. The molecule has 0 saturated carbocycles. The van der Waals surface area contributed by atoms with Gasteiger partial charge in [0.05, 0.1) is 12.1 Å². The first-order valence-electron chi connectivity index (χ1n) is 7.62. The van der Waals surface area contributed by atoms with Crippen molar-refractivity contribution in [3.8, 4) is 0 Å². The summed E-state index contributed by atoms with van der Waals surface area (Å²) in [6.45, 7) is 4.06. The number of hydrogen-bond acceptors (Lipinski definition) is 3. The first-order valence-corrected chi connectivity index (χ1v) is 7.62. The summed E-state index contributed by atoms with van der Waals surface area (Å²) < 4.78 is 2.31. The van der Waals surface area contributed by atoms with Crippen molar-refractivity contribution in [3.05, 3.63) is 59.7 Å². The highest BCUT2D eigenvalue weighted by Crippen LogP contribution is 2.36. The average molecular weight is 304 g/mol. The van der Waals surface area contributed by atoms with Crippen LogP contribution in [-0.4, -0.2) is 16.2 Å². The van der Waals surface area contributed by atoms with Crippen LogP contribution in [-0.2, 0) is 16.2 Å². The van der Waals surface area contributed by atoms with E-state index < -0.39 is 5.97 Å². The highest BCUT2D eigenvalue weighted by Gasteiger charge is 2.25. The standard InChI is InChI=1S/C19H16N2O2/c1-3-13-11-21-17-10-5-4-7-14(17)15-8-6-9-16(19(15)21)18(13)20-23-12(2)22/h3-10H,11H2,1-2H3/b13-3+,20-18+. The summed E-state index contributed by atoms with van der Waals surface area (Å²) in [5, 5.41) is 6.54. The SMILES string of the molecule is C/C=C1\Cn2c3ccccc3c3cccc(c32)\C1=N\OC(C)=O. The molecule has 23 heavy (non-hydrogen) atoms. The number of carbonyl (C=O) groups excluding carboxylic acids is 1. The topological polar surface area (TPSA) is 43.6 Å². The quantitative estimate of drug-likeness (QED) is 0.503. The van der Waals surface area contributed by atoms with Crippen LogP contribution in [0, 0.1) is 0 Å². The van der Waals surface area contributed by atoms with Crippen LogP contribution in [0.15, 0.2) is 59.3 Å². The van der Waals surface area contributed by atoms with Gasteiger partial charge < -0.3 is 9.40 Å². The maximum absolute atomic E-state index is 11.2. The monoisotopic (exact) mass is 304 g/mol.